The van der Waals surface area contributed by atoms with Crippen LogP contribution in [0.15, 0.2) is 22.7 Å². The minimum absolute atomic E-state index is 0.111. The summed E-state index contributed by atoms with van der Waals surface area (Å²) in [5.74, 6) is -0.111. The molecule has 0 radical (unpaired) electrons. The average Bonchev–Trinajstić information content (AvgIpc) is 2.35. The molecule has 1 fully saturated rings. The zero-order valence-electron chi connectivity index (χ0n) is 9.00. The maximum Gasteiger partial charge on any atom is 0.254 e. The van der Waals surface area contributed by atoms with Gasteiger partial charge < -0.3 is 15.4 Å². The largest absolute Gasteiger partial charge is 0.366 e. The summed E-state index contributed by atoms with van der Waals surface area (Å²) in [7, 11) is 0. The number of hydrogen-bond acceptors (Lipinski definition) is 3. The molecule has 0 bridgehead atoms. The van der Waals surface area contributed by atoms with E-state index < -0.39 is 6.10 Å². The van der Waals surface area contributed by atoms with Crippen molar-refractivity contribution in [2.24, 2.45) is 0 Å². The maximum absolute atomic E-state index is 11.9. The van der Waals surface area contributed by atoms with Crippen LogP contribution in [-0.2, 0) is 9.53 Å². The van der Waals surface area contributed by atoms with Gasteiger partial charge in [-0.15, -0.1) is 0 Å². The van der Waals surface area contributed by atoms with Gasteiger partial charge >= 0.3 is 0 Å². The molecule has 2 rings (SSSR count). The number of carbonyl (C=O) groups excluding carboxylic acids is 1. The summed E-state index contributed by atoms with van der Waals surface area (Å²) in [6.07, 6.45) is -0.409. The first-order valence-corrected chi connectivity index (χ1v) is 7.12. The maximum atomic E-state index is 11.9. The fraction of sp³-hybridized carbons (Fsp3) is 0.364. The molecular weight excluding hydrogens is 399 g/mol. The lowest BCUT2D eigenvalue weighted by Gasteiger charge is -2.23. The molecule has 1 aliphatic rings. The summed E-state index contributed by atoms with van der Waals surface area (Å²) in [5.41, 5.74) is 0.774. The highest BCUT2D eigenvalue weighted by molar-refractivity contribution is 14.1. The van der Waals surface area contributed by atoms with E-state index in [4.69, 9.17) is 4.74 Å². The van der Waals surface area contributed by atoms with Crippen molar-refractivity contribution in [3.8, 4) is 0 Å². The number of hydrogen-bond donors (Lipinski definition) is 2. The lowest BCUT2D eigenvalue weighted by molar-refractivity contribution is -0.128. The van der Waals surface area contributed by atoms with Gasteiger partial charge in [0.2, 0.25) is 0 Å². The number of rotatable bonds is 2. The molecule has 0 aromatic heterocycles. The van der Waals surface area contributed by atoms with E-state index >= 15 is 0 Å². The van der Waals surface area contributed by atoms with Gasteiger partial charge in [-0.05, 0) is 56.7 Å². The topological polar surface area (TPSA) is 50.4 Å². The molecule has 1 aliphatic heterocycles. The van der Waals surface area contributed by atoms with Gasteiger partial charge in [-0.25, -0.2) is 0 Å². The van der Waals surface area contributed by atoms with Gasteiger partial charge in [0.05, 0.1) is 12.3 Å². The van der Waals surface area contributed by atoms with E-state index in [-0.39, 0.29) is 5.91 Å². The van der Waals surface area contributed by atoms with E-state index in [1.54, 1.807) is 0 Å². The van der Waals surface area contributed by atoms with Crippen LogP contribution < -0.4 is 10.6 Å². The minimum Gasteiger partial charge on any atom is -0.366 e. The summed E-state index contributed by atoms with van der Waals surface area (Å²) in [6, 6.07) is 5.80. The van der Waals surface area contributed by atoms with Crippen LogP contribution in [0.3, 0.4) is 0 Å². The van der Waals surface area contributed by atoms with Crippen LogP contribution in [0.25, 0.3) is 0 Å². The summed E-state index contributed by atoms with van der Waals surface area (Å²) in [6.45, 7) is 1.94. The highest BCUT2D eigenvalue weighted by atomic mass is 127. The first kappa shape index (κ1) is 13.3. The van der Waals surface area contributed by atoms with Crippen molar-refractivity contribution < 1.29 is 9.53 Å². The third kappa shape index (κ3) is 3.64. The molecule has 2 N–H and O–H groups in total. The number of carbonyl (C=O) groups is 1. The van der Waals surface area contributed by atoms with Gasteiger partial charge in [0, 0.05) is 21.1 Å². The zero-order chi connectivity index (χ0) is 12.3. The molecule has 1 saturated heterocycles. The molecule has 6 heteroatoms. The van der Waals surface area contributed by atoms with Crippen LogP contribution in [0.5, 0.6) is 0 Å². The number of morpholine rings is 1. The van der Waals surface area contributed by atoms with Crippen molar-refractivity contribution in [3.63, 3.8) is 0 Å². The van der Waals surface area contributed by atoms with E-state index in [9.17, 15) is 4.79 Å². The smallest absolute Gasteiger partial charge is 0.254 e. The molecule has 1 unspecified atom stereocenters. The molecule has 17 heavy (non-hydrogen) atoms. The van der Waals surface area contributed by atoms with Gasteiger partial charge in [0.25, 0.3) is 5.91 Å². The molecule has 4 nitrogen and oxygen atoms in total. The highest BCUT2D eigenvalue weighted by Crippen LogP contribution is 2.24. The van der Waals surface area contributed by atoms with E-state index in [0.29, 0.717) is 13.2 Å². The van der Waals surface area contributed by atoms with E-state index in [1.807, 2.05) is 18.2 Å². The van der Waals surface area contributed by atoms with Crippen LogP contribution >= 0.6 is 38.5 Å². The SMILES string of the molecule is O=C(Nc1cc(I)ccc1Br)C1CNCCO1. The van der Waals surface area contributed by atoms with E-state index in [0.717, 1.165) is 20.3 Å². The molecular formula is C11H12BrIN2O2. The van der Waals surface area contributed by atoms with Gasteiger partial charge in [0.1, 0.15) is 6.10 Å². The molecule has 0 aliphatic carbocycles. The number of benzene rings is 1. The Hall–Kier alpha value is -0.180. The lowest BCUT2D eigenvalue weighted by Crippen LogP contribution is -2.45. The first-order chi connectivity index (χ1) is 8.16. The second kappa shape index (κ2) is 6.12. The Morgan fingerprint density at radius 2 is 2.41 bits per heavy atom. The zero-order valence-corrected chi connectivity index (χ0v) is 12.7. The van der Waals surface area contributed by atoms with Crippen LogP contribution in [0, 0.1) is 3.57 Å². The quantitative estimate of drug-likeness (QED) is 0.733. The Balaban J connectivity index is 2.04. The third-order valence-electron chi connectivity index (χ3n) is 2.41. The Morgan fingerprint density at radius 3 is 3.12 bits per heavy atom. The molecule has 0 spiro atoms. The Labute approximate surface area is 122 Å². The standard InChI is InChI=1S/C11H12BrIN2O2/c12-8-2-1-7(13)5-9(8)15-11(16)10-6-14-3-4-17-10/h1-2,5,10,14H,3-4,6H2,(H,15,16). The monoisotopic (exact) mass is 410 g/mol. The molecule has 1 heterocycles. The van der Waals surface area contributed by atoms with Crippen LogP contribution in [0.4, 0.5) is 5.69 Å². The van der Waals surface area contributed by atoms with Crippen LogP contribution in [0.2, 0.25) is 0 Å². The van der Waals surface area contributed by atoms with Crippen molar-refractivity contribution in [2.45, 2.75) is 6.10 Å². The summed E-state index contributed by atoms with van der Waals surface area (Å²) < 4.78 is 7.33. The number of nitrogens with one attached hydrogen (secondary N) is 2. The first-order valence-electron chi connectivity index (χ1n) is 5.25. The normalized spacial score (nSPS) is 20.0. The fourth-order valence-corrected chi connectivity index (χ4v) is 2.38. The molecule has 1 atom stereocenters. The number of amides is 1. The summed E-state index contributed by atoms with van der Waals surface area (Å²) in [4.78, 5) is 11.9. The summed E-state index contributed by atoms with van der Waals surface area (Å²) >= 11 is 5.62. The molecule has 0 saturated carbocycles. The molecule has 1 aromatic rings. The lowest BCUT2D eigenvalue weighted by atomic mass is 10.2. The average molecular weight is 411 g/mol. The van der Waals surface area contributed by atoms with Gasteiger partial charge in [-0.1, -0.05) is 0 Å². The Kier molecular flexibility index (Phi) is 4.78. The van der Waals surface area contributed by atoms with Crippen molar-refractivity contribution >= 4 is 50.1 Å². The molecule has 1 amide bonds. The van der Waals surface area contributed by atoms with Crippen LogP contribution in [-0.4, -0.2) is 31.7 Å². The van der Waals surface area contributed by atoms with Gasteiger partial charge in [0.15, 0.2) is 0 Å². The second-order valence-corrected chi connectivity index (χ2v) is 5.78. The number of anilines is 1. The third-order valence-corrected chi connectivity index (χ3v) is 3.77. The van der Waals surface area contributed by atoms with Crippen molar-refractivity contribution in [1.29, 1.82) is 0 Å². The predicted molar refractivity (Wildman–Crippen MR) is 78.1 cm³/mol. The van der Waals surface area contributed by atoms with Crippen molar-refractivity contribution in [3.05, 3.63) is 26.2 Å². The van der Waals surface area contributed by atoms with E-state index in [2.05, 4.69) is 49.2 Å². The summed E-state index contributed by atoms with van der Waals surface area (Å²) in [5, 5.41) is 5.99. The van der Waals surface area contributed by atoms with Crippen molar-refractivity contribution in [2.75, 3.05) is 25.0 Å². The number of ether oxygens (including phenoxy) is 1. The Bertz CT molecular complexity index is 422. The Morgan fingerprint density at radius 1 is 1.59 bits per heavy atom. The second-order valence-electron chi connectivity index (χ2n) is 3.68. The highest BCUT2D eigenvalue weighted by Gasteiger charge is 2.22. The van der Waals surface area contributed by atoms with Gasteiger partial charge in [-0.3, -0.25) is 4.79 Å². The molecule has 92 valence electrons. The predicted octanol–water partition coefficient (Wildman–Crippen LogP) is 1.98. The van der Waals surface area contributed by atoms with Gasteiger partial charge in [-0.2, -0.15) is 0 Å². The fourth-order valence-electron chi connectivity index (χ4n) is 1.54. The van der Waals surface area contributed by atoms with Crippen molar-refractivity contribution in [1.82, 2.24) is 5.32 Å². The van der Waals surface area contributed by atoms with E-state index in [1.165, 1.54) is 0 Å². The molecule has 1 aromatic carbocycles. The number of halogens is 2. The minimum atomic E-state index is -0.409. The van der Waals surface area contributed by atoms with Crippen LogP contribution in [0.1, 0.15) is 0 Å².